The zero-order valence-corrected chi connectivity index (χ0v) is 12.7. The van der Waals surface area contributed by atoms with Gasteiger partial charge in [0.25, 0.3) is 0 Å². The number of rotatable bonds is 9. The topological polar surface area (TPSA) is 3.24 Å². The summed E-state index contributed by atoms with van der Waals surface area (Å²) in [6.45, 7) is 6.95. The van der Waals surface area contributed by atoms with E-state index in [2.05, 4.69) is 49.1 Å². The summed E-state index contributed by atoms with van der Waals surface area (Å²) in [5, 5.41) is 0. The van der Waals surface area contributed by atoms with Gasteiger partial charge in [0.05, 0.1) is 0 Å². The molecule has 2 heteroatoms. The molecule has 1 aromatic carbocycles. The van der Waals surface area contributed by atoms with E-state index in [1.165, 1.54) is 57.3 Å². The van der Waals surface area contributed by atoms with Crippen LogP contribution in [0.1, 0.15) is 52.4 Å². The van der Waals surface area contributed by atoms with Crippen LogP contribution in [0, 0.1) is 0 Å². The summed E-state index contributed by atoms with van der Waals surface area (Å²) in [4.78, 5) is 2.54. The molecule has 0 aliphatic heterocycles. The summed E-state index contributed by atoms with van der Waals surface area (Å²) in [6, 6.07) is 10.8. The second kappa shape index (κ2) is 11.4. The second-order valence-electron chi connectivity index (χ2n) is 4.74. The van der Waals surface area contributed by atoms with Crippen molar-refractivity contribution >= 4 is 18.1 Å². The molecular weight excluding hydrogens is 242 g/mol. The third-order valence-corrected chi connectivity index (χ3v) is 3.18. The Morgan fingerprint density at radius 3 is 2.00 bits per heavy atom. The number of hydrogen-bond acceptors (Lipinski definition) is 1. The zero-order chi connectivity index (χ0) is 12.3. The normalized spacial score (nSPS) is 9.89. The highest BCUT2D eigenvalue weighted by Crippen LogP contribution is 2.15. The van der Waals surface area contributed by atoms with Crippen LogP contribution in [-0.2, 0) is 0 Å². The third kappa shape index (κ3) is 6.90. The molecule has 0 amide bonds. The van der Waals surface area contributed by atoms with E-state index in [0.717, 1.165) is 0 Å². The highest BCUT2D eigenvalue weighted by atomic mass is 35.5. The highest BCUT2D eigenvalue weighted by molar-refractivity contribution is 5.85. The Hall–Kier alpha value is -0.690. The Bertz CT molecular complexity index is 274. The van der Waals surface area contributed by atoms with Gasteiger partial charge in [-0.2, -0.15) is 0 Å². The molecule has 0 aromatic heterocycles. The van der Waals surface area contributed by atoms with Crippen LogP contribution in [0.4, 0.5) is 5.69 Å². The van der Waals surface area contributed by atoms with Gasteiger partial charge in [0.15, 0.2) is 0 Å². The predicted octanol–water partition coefficient (Wildman–Crippen LogP) is 5.30. The molecule has 1 aromatic rings. The van der Waals surface area contributed by atoms with Crippen LogP contribution in [0.25, 0.3) is 0 Å². The maximum absolute atomic E-state index is 2.54. The molecule has 0 aliphatic rings. The molecule has 0 atom stereocenters. The third-order valence-electron chi connectivity index (χ3n) is 3.18. The van der Waals surface area contributed by atoms with Gasteiger partial charge in [-0.15, -0.1) is 12.4 Å². The van der Waals surface area contributed by atoms with Crippen molar-refractivity contribution in [1.82, 2.24) is 0 Å². The lowest BCUT2D eigenvalue weighted by molar-refractivity contribution is 0.630. The van der Waals surface area contributed by atoms with Crippen molar-refractivity contribution in [2.45, 2.75) is 52.4 Å². The van der Waals surface area contributed by atoms with Crippen LogP contribution in [-0.4, -0.2) is 13.1 Å². The summed E-state index contributed by atoms with van der Waals surface area (Å²) < 4.78 is 0. The van der Waals surface area contributed by atoms with Crippen molar-refractivity contribution in [2.75, 3.05) is 18.0 Å². The number of anilines is 1. The smallest absolute Gasteiger partial charge is 0.0366 e. The van der Waals surface area contributed by atoms with E-state index in [9.17, 15) is 0 Å². The molecule has 0 saturated heterocycles. The minimum atomic E-state index is 0. The van der Waals surface area contributed by atoms with E-state index in [1.807, 2.05) is 0 Å². The first kappa shape index (κ1) is 17.3. The summed E-state index contributed by atoms with van der Waals surface area (Å²) >= 11 is 0. The van der Waals surface area contributed by atoms with E-state index in [4.69, 9.17) is 0 Å². The predicted molar refractivity (Wildman–Crippen MR) is 85.0 cm³/mol. The van der Waals surface area contributed by atoms with E-state index in [0.29, 0.717) is 0 Å². The van der Waals surface area contributed by atoms with Gasteiger partial charge in [0.2, 0.25) is 0 Å². The molecule has 18 heavy (non-hydrogen) atoms. The molecule has 0 unspecified atom stereocenters. The molecule has 0 bridgehead atoms. The fraction of sp³-hybridized carbons (Fsp3) is 0.625. The fourth-order valence-electron chi connectivity index (χ4n) is 2.09. The quantitative estimate of drug-likeness (QED) is 0.550. The number of halogens is 1. The summed E-state index contributed by atoms with van der Waals surface area (Å²) in [5.74, 6) is 0. The van der Waals surface area contributed by atoms with E-state index in [-0.39, 0.29) is 12.4 Å². The summed E-state index contributed by atoms with van der Waals surface area (Å²) in [7, 11) is 0. The van der Waals surface area contributed by atoms with Gasteiger partial charge in [-0.25, -0.2) is 0 Å². The number of nitrogens with zero attached hydrogens (tertiary/aromatic N) is 1. The lowest BCUT2D eigenvalue weighted by Crippen LogP contribution is -2.25. The van der Waals surface area contributed by atoms with Gasteiger partial charge < -0.3 is 4.90 Å². The van der Waals surface area contributed by atoms with Crippen LogP contribution >= 0.6 is 12.4 Å². The molecule has 0 radical (unpaired) electrons. The fourth-order valence-corrected chi connectivity index (χ4v) is 2.09. The minimum Gasteiger partial charge on any atom is -0.372 e. The van der Waals surface area contributed by atoms with Gasteiger partial charge in [-0.3, -0.25) is 0 Å². The minimum absolute atomic E-state index is 0. The van der Waals surface area contributed by atoms with Crippen molar-refractivity contribution in [3.63, 3.8) is 0 Å². The Balaban J connectivity index is 0.00000289. The maximum atomic E-state index is 2.54. The van der Waals surface area contributed by atoms with Crippen molar-refractivity contribution in [2.24, 2.45) is 0 Å². The van der Waals surface area contributed by atoms with Gasteiger partial charge >= 0.3 is 0 Å². The molecule has 0 N–H and O–H groups in total. The van der Waals surface area contributed by atoms with Crippen molar-refractivity contribution in [1.29, 1.82) is 0 Å². The molecule has 0 saturated carbocycles. The Kier molecular flexibility index (Phi) is 11.0. The summed E-state index contributed by atoms with van der Waals surface area (Å²) in [6.07, 6.45) is 7.95. The standard InChI is InChI=1S/C16H27N.ClH/c1-3-5-7-11-15-17(14-6-4-2)16-12-9-8-10-13-16;/h8-10,12-13H,3-7,11,14-15H2,1-2H3;1H. The van der Waals surface area contributed by atoms with E-state index in [1.54, 1.807) is 0 Å². The first-order chi connectivity index (χ1) is 8.38. The highest BCUT2D eigenvalue weighted by Gasteiger charge is 2.04. The molecule has 0 aliphatic carbocycles. The number of hydrogen-bond donors (Lipinski definition) is 0. The molecule has 1 nitrogen and oxygen atoms in total. The first-order valence-electron chi connectivity index (χ1n) is 7.18. The lowest BCUT2D eigenvalue weighted by atomic mass is 10.2. The van der Waals surface area contributed by atoms with Crippen LogP contribution in [0.3, 0.4) is 0 Å². The monoisotopic (exact) mass is 269 g/mol. The number of unbranched alkanes of at least 4 members (excludes halogenated alkanes) is 4. The molecule has 0 fully saturated rings. The molecule has 0 heterocycles. The molecule has 0 spiro atoms. The van der Waals surface area contributed by atoms with Crippen molar-refractivity contribution < 1.29 is 0 Å². The van der Waals surface area contributed by atoms with Crippen LogP contribution in [0.5, 0.6) is 0 Å². The number of benzene rings is 1. The summed E-state index contributed by atoms with van der Waals surface area (Å²) in [5.41, 5.74) is 1.39. The average molecular weight is 270 g/mol. The molecule has 1 rings (SSSR count). The maximum Gasteiger partial charge on any atom is 0.0366 e. The van der Waals surface area contributed by atoms with E-state index < -0.39 is 0 Å². The number of para-hydroxylation sites is 1. The van der Waals surface area contributed by atoms with Gasteiger partial charge in [0.1, 0.15) is 0 Å². The largest absolute Gasteiger partial charge is 0.372 e. The Morgan fingerprint density at radius 1 is 0.778 bits per heavy atom. The first-order valence-corrected chi connectivity index (χ1v) is 7.18. The Morgan fingerprint density at radius 2 is 1.39 bits per heavy atom. The van der Waals surface area contributed by atoms with Crippen LogP contribution in [0.2, 0.25) is 0 Å². The van der Waals surface area contributed by atoms with Crippen molar-refractivity contribution in [3.05, 3.63) is 30.3 Å². The van der Waals surface area contributed by atoms with Crippen molar-refractivity contribution in [3.8, 4) is 0 Å². The molecule has 104 valence electrons. The van der Waals surface area contributed by atoms with Gasteiger partial charge in [0, 0.05) is 18.8 Å². The van der Waals surface area contributed by atoms with Crippen LogP contribution < -0.4 is 4.90 Å². The molecular formula is C16H28ClN. The average Bonchev–Trinajstić information content (AvgIpc) is 2.39. The van der Waals surface area contributed by atoms with E-state index >= 15 is 0 Å². The zero-order valence-electron chi connectivity index (χ0n) is 11.9. The SMILES string of the molecule is CCCCCCN(CCCC)c1ccccc1.Cl. The lowest BCUT2D eigenvalue weighted by Gasteiger charge is -2.24. The van der Waals surface area contributed by atoms with Gasteiger partial charge in [-0.1, -0.05) is 57.7 Å². The van der Waals surface area contributed by atoms with Crippen LogP contribution in [0.15, 0.2) is 30.3 Å². The Labute approximate surface area is 119 Å². The van der Waals surface area contributed by atoms with Gasteiger partial charge in [-0.05, 0) is 25.0 Å². The second-order valence-corrected chi connectivity index (χ2v) is 4.74.